The Morgan fingerprint density at radius 1 is 1.17 bits per heavy atom. The van der Waals surface area contributed by atoms with Crippen LogP contribution in [-0.4, -0.2) is 33.6 Å². The molecule has 0 unspecified atom stereocenters. The van der Waals surface area contributed by atoms with E-state index in [0.29, 0.717) is 18.7 Å². The summed E-state index contributed by atoms with van der Waals surface area (Å²) in [6.07, 6.45) is 1.00. The Labute approximate surface area is 139 Å². The molecule has 1 aromatic heterocycles. The molecular weight excluding hydrogens is 306 g/mol. The highest BCUT2D eigenvalue weighted by Crippen LogP contribution is 2.20. The summed E-state index contributed by atoms with van der Waals surface area (Å²) < 4.78 is 5.29. The number of methoxy groups -OCH3 is 1. The predicted octanol–water partition coefficient (Wildman–Crippen LogP) is 2.45. The summed E-state index contributed by atoms with van der Waals surface area (Å²) in [5.41, 5.74) is 2.57. The molecule has 1 amide bonds. The van der Waals surface area contributed by atoms with Crippen molar-refractivity contribution in [3.8, 4) is 17.1 Å². The van der Waals surface area contributed by atoms with Gasteiger partial charge in [-0.15, -0.1) is 10.2 Å². The van der Waals surface area contributed by atoms with Crippen LogP contribution in [0.4, 0.5) is 5.69 Å². The lowest BCUT2D eigenvalue weighted by Crippen LogP contribution is -2.12. The van der Waals surface area contributed by atoms with E-state index in [1.165, 1.54) is 0 Å². The van der Waals surface area contributed by atoms with Gasteiger partial charge in [-0.25, -0.2) is 0 Å². The molecule has 0 spiro atoms. The summed E-state index contributed by atoms with van der Waals surface area (Å²) in [6, 6.07) is 15.0. The minimum atomic E-state index is -0.0479. The fourth-order valence-corrected chi connectivity index (χ4v) is 2.37. The van der Waals surface area contributed by atoms with E-state index in [2.05, 4.69) is 25.9 Å². The van der Waals surface area contributed by atoms with Crippen LogP contribution in [0.1, 0.15) is 12.0 Å². The molecule has 2 aromatic carbocycles. The standard InChI is InChI=1S/C17H17N5O2/c1-24-15-5-3-2-4-12(15)8-11-16(23)18-14-9-6-13(7-10-14)17-19-21-22-20-17/h2-7,9-10H,8,11H2,1H3,(H,18,23)(H,19,20,21,22). The number of rotatable bonds is 6. The number of aromatic amines is 1. The summed E-state index contributed by atoms with van der Waals surface area (Å²) in [7, 11) is 1.63. The molecule has 3 rings (SSSR count). The van der Waals surface area contributed by atoms with Crippen molar-refractivity contribution in [1.29, 1.82) is 0 Å². The van der Waals surface area contributed by atoms with Gasteiger partial charge in [0, 0.05) is 17.7 Å². The molecule has 122 valence electrons. The normalized spacial score (nSPS) is 10.4. The highest BCUT2D eigenvalue weighted by atomic mass is 16.5. The maximum Gasteiger partial charge on any atom is 0.224 e. The Morgan fingerprint density at radius 3 is 2.67 bits per heavy atom. The molecule has 7 heteroatoms. The van der Waals surface area contributed by atoms with Gasteiger partial charge in [0.15, 0.2) is 0 Å². The number of tetrazole rings is 1. The van der Waals surface area contributed by atoms with Gasteiger partial charge in [0.1, 0.15) is 5.75 Å². The van der Waals surface area contributed by atoms with E-state index < -0.39 is 0 Å². The second-order valence-electron chi connectivity index (χ2n) is 5.17. The number of hydrogen-bond donors (Lipinski definition) is 2. The van der Waals surface area contributed by atoms with Gasteiger partial charge in [-0.1, -0.05) is 18.2 Å². The molecule has 0 bridgehead atoms. The Kier molecular flexibility index (Phi) is 4.81. The number of H-pyrrole nitrogens is 1. The molecule has 7 nitrogen and oxygen atoms in total. The summed E-state index contributed by atoms with van der Waals surface area (Å²) in [5, 5.41) is 16.6. The van der Waals surface area contributed by atoms with Crippen LogP contribution in [0.25, 0.3) is 11.4 Å². The van der Waals surface area contributed by atoms with Crippen molar-refractivity contribution < 1.29 is 9.53 Å². The highest BCUT2D eigenvalue weighted by Gasteiger charge is 2.07. The maximum absolute atomic E-state index is 12.1. The molecule has 2 N–H and O–H groups in total. The Morgan fingerprint density at radius 2 is 1.96 bits per heavy atom. The minimum absolute atomic E-state index is 0.0479. The van der Waals surface area contributed by atoms with Crippen molar-refractivity contribution in [3.63, 3.8) is 0 Å². The van der Waals surface area contributed by atoms with E-state index in [1.54, 1.807) is 7.11 Å². The molecule has 24 heavy (non-hydrogen) atoms. The molecule has 3 aromatic rings. The smallest absolute Gasteiger partial charge is 0.224 e. The van der Waals surface area contributed by atoms with Crippen LogP contribution in [0.5, 0.6) is 5.75 Å². The van der Waals surface area contributed by atoms with E-state index >= 15 is 0 Å². The van der Waals surface area contributed by atoms with Crippen LogP contribution in [0.2, 0.25) is 0 Å². The molecular formula is C17H17N5O2. The van der Waals surface area contributed by atoms with Crippen LogP contribution >= 0.6 is 0 Å². The first kappa shape index (κ1) is 15.7. The van der Waals surface area contributed by atoms with Gasteiger partial charge in [0.25, 0.3) is 0 Å². The van der Waals surface area contributed by atoms with Gasteiger partial charge in [0.05, 0.1) is 7.11 Å². The number of benzene rings is 2. The molecule has 0 saturated carbocycles. The fourth-order valence-electron chi connectivity index (χ4n) is 2.37. The van der Waals surface area contributed by atoms with Gasteiger partial charge in [-0.2, -0.15) is 5.21 Å². The number of aryl methyl sites for hydroxylation is 1. The topological polar surface area (TPSA) is 92.8 Å². The number of nitrogens with zero attached hydrogens (tertiary/aromatic N) is 3. The third-order valence-corrected chi connectivity index (χ3v) is 3.59. The van der Waals surface area contributed by atoms with Crippen LogP contribution < -0.4 is 10.1 Å². The highest BCUT2D eigenvalue weighted by molar-refractivity contribution is 5.91. The Bertz CT molecular complexity index is 800. The lowest BCUT2D eigenvalue weighted by Gasteiger charge is -2.09. The van der Waals surface area contributed by atoms with Crippen LogP contribution in [0, 0.1) is 0 Å². The summed E-state index contributed by atoms with van der Waals surface area (Å²) in [5.74, 6) is 1.27. The van der Waals surface area contributed by atoms with E-state index in [9.17, 15) is 4.79 Å². The lowest BCUT2D eigenvalue weighted by molar-refractivity contribution is -0.116. The summed E-state index contributed by atoms with van der Waals surface area (Å²) in [6.45, 7) is 0. The molecule has 0 aliphatic heterocycles. The van der Waals surface area contributed by atoms with Gasteiger partial charge >= 0.3 is 0 Å². The lowest BCUT2D eigenvalue weighted by atomic mass is 10.1. The first-order chi connectivity index (χ1) is 11.8. The van der Waals surface area contributed by atoms with Crippen molar-refractivity contribution in [2.24, 2.45) is 0 Å². The van der Waals surface area contributed by atoms with Gasteiger partial charge in [-0.05, 0) is 47.5 Å². The number of aromatic nitrogens is 4. The molecule has 1 heterocycles. The quantitative estimate of drug-likeness (QED) is 0.727. The largest absolute Gasteiger partial charge is 0.496 e. The number of para-hydroxylation sites is 1. The number of carbonyl (C=O) groups is 1. The first-order valence-electron chi connectivity index (χ1n) is 7.52. The zero-order chi connectivity index (χ0) is 16.8. The van der Waals surface area contributed by atoms with E-state index in [1.807, 2.05) is 48.5 Å². The van der Waals surface area contributed by atoms with E-state index in [4.69, 9.17) is 4.74 Å². The number of nitrogens with one attached hydrogen (secondary N) is 2. The van der Waals surface area contributed by atoms with Crippen molar-refractivity contribution in [3.05, 3.63) is 54.1 Å². The van der Waals surface area contributed by atoms with Crippen molar-refractivity contribution in [2.75, 3.05) is 12.4 Å². The SMILES string of the molecule is COc1ccccc1CCC(=O)Nc1ccc(-c2nn[nH]n2)cc1. The Hall–Kier alpha value is -3.22. The third-order valence-electron chi connectivity index (χ3n) is 3.59. The average Bonchev–Trinajstić information content (AvgIpc) is 3.15. The second-order valence-corrected chi connectivity index (χ2v) is 5.17. The van der Waals surface area contributed by atoms with Crippen molar-refractivity contribution >= 4 is 11.6 Å². The number of ether oxygens (including phenoxy) is 1. The monoisotopic (exact) mass is 323 g/mol. The van der Waals surface area contributed by atoms with Crippen LogP contribution in [0.3, 0.4) is 0 Å². The van der Waals surface area contributed by atoms with Crippen LogP contribution in [0.15, 0.2) is 48.5 Å². The zero-order valence-corrected chi connectivity index (χ0v) is 13.2. The van der Waals surface area contributed by atoms with Gasteiger partial charge in [0.2, 0.25) is 11.7 Å². The molecule has 0 fully saturated rings. The maximum atomic E-state index is 12.1. The van der Waals surface area contributed by atoms with Gasteiger partial charge in [-0.3, -0.25) is 4.79 Å². The second kappa shape index (κ2) is 7.36. The zero-order valence-electron chi connectivity index (χ0n) is 13.2. The fraction of sp³-hybridized carbons (Fsp3) is 0.176. The Balaban J connectivity index is 1.57. The first-order valence-corrected chi connectivity index (χ1v) is 7.52. The van der Waals surface area contributed by atoms with Gasteiger partial charge < -0.3 is 10.1 Å². The number of hydrogen-bond acceptors (Lipinski definition) is 5. The van der Waals surface area contributed by atoms with Crippen molar-refractivity contribution in [1.82, 2.24) is 20.6 Å². The van der Waals surface area contributed by atoms with Crippen LogP contribution in [-0.2, 0) is 11.2 Å². The number of carbonyl (C=O) groups excluding carboxylic acids is 1. The number of anilines is 1. The molecule has 0 saturated heterocycles. The predicted molar refractivity (Wildman–Crippen MR) is 89.6 cm³/mol. The third kappa shape index (κ3) is 3.75. The van der Waals surface area contributed by atoms with Crippen molar-refractivity contribution in [2.45, 2.75) is 12.8 Å². The van der Waals surface area contributed by atoms with E-state index in [-0.39, 0.29) is 5.91 Å². The summed E-state index contributed by atoms with van der Waals surface area (Å²) >= 11 is 0. The van der Waals surface area contributed by atoms with E-state index in [0.717, 1.165) is 22.6 Å². The molecule has 0 aliphatic carbocycles. The molecule has 0 atom stereocenters. The average molecular weight is 323 g/mol. The molecule has 0 aliphatic rings. The minimum Gasteiger partial charge on any atom is -0.496 e. The number of amides is 1. The summed E-state index contributed by atoms with van der Waals surface area (Å²) in [4.78, 5) is 12.1. The molecule has 0 radical (unpaired) electrons.